The molecule has 52 heavy (non-hydrogen) atoms. The smallest absolute Gasteiger partial charge is 0.121 e. The van der Waals surface area contributed by atoms with E-state index in [1.165, 1.54) is 29.2 Å². The van der Waals surface area contributed by atoms with E-state index in [9.17, 15) is 0 Å². The van der Waals surface area contributed by atoms with Gasteiger partial charge in [0.05, 0.1) is 13.7 Å². The van der Waals surface area contributed by atoms with Crippen LogP contribution >= 0.6 is 0 Å². The van der Waals surface area contributed by atoms with Crippen LogP contribution in [0.2, 0.25) is 19.6 Å². The Kier molecular flexibility index (Phi) is 8.71. The minimum Gasteiger partial charge on any atom is -0.501 e. The van der Waals surface area contributed by atoms with E-state index < -0.39 is 20.8 Å². The zero-order chi connectivity index (χ0) is 38.7. The number of hydrogen-bond donors (Lipinski definition) is 0. The van der Waals surface area contributed by atoms with Gasteiger partial charge in [0.2, 0.25) is 0 Å². The molecule has 1 aliphatic rings. The predicted molar refractivity (Wildman–Crippen MR) is 218 cm³/mol. The summed E-state index contributed by atoms with van der Waals surface area (Å²) >= 11 is 0. The summed E-state index contributed by atoms with van der Waals surface area (Å²) in [6.45, 7) is 8.51. The van der Waals surface area contributed by atoms with Crippen LogP contribution in [0.25, 0.3) is 66.0 Å². The van der Waals surface area contributed by atoms with E-state index in [1.54, 1.807) is 6.07 Å². The summed E-state index contributed by atoms with van der Waals surface area (Å²) in [6, 6.07) is 36.7. The van der Waals surface area contributed by atoms with E-state index in [2.05, 4.69) is 79.2 Å². The summed E-state index contributed by atoms with van der Waals surface area (Å²) in [4.78, 5) is 9.35. The van der Waals surface area contributed by atoms with Crippen molar-refractivity contribution >= 4 is 56.7 Å². The molecule has 0 bridgehead atoms. The van der Waals surface area contributed by atoms with Crippen molar-refractivity contribution in [1.82, 2.24) is 9.97 Å². The van der Waals surface area contributed by atoms with Crippen molar-refractivity contribution in [3.8, 4) is 22.5 Å². The van der Waals surface area contributed by atoms with Gasteiger partial charge in [-0.25, -0.2) is 0 Å². The largest absolute Gasteiger partial charge is 0.501 e. The van der Waals surface area contributed by atoms with E-state index in [4.69, 9.17) is 14.9 Å². The molecule has 0 amide bonds. The van der Waals surface area contributed by atoms with E-state index in [0.29, 0.717) is 22.1 Å². The van der Waals surface area contributed by atoms with Crippen molar-refractivity contribution in [2.45, 2.75) is 71.9 Å². The summed E-state index contributed by atoms with van der Waals surface area (Å²) < 4.78 is 39.5. The number of furan rings is 1. The molecule has 3 aromatic heterocycles. The number of aryl methyl sites for hydroxylation is 3. The van der Waals surface area contributed by atoms with Gasteiger partial charge < -0.3 is 14.4 Å². The van der Waals surface area contributed by atoms with Gasteiger partial charge in [-0.15, -0.1) is 53.6 Å². The van der Waals surface area contributed by atoms with Gasteiger partial charge in [-0.1, -0.05) is 111 Å². The molecule has 3 heterocycles. The van der Waals surface area contributed by atoms with Crippen molar-refractivity contribution in [2.24, 2.45) is 0 Å². The fourth-order valence-corrected chi connectivity index (χ4v) is 9.01. The van der Waals surface area contributed by atoms with Crippen LogP contribution in [0.3, 0.4) is 0 Å². The maximum atomic E-state index is 8.44. The van der Waals surface area contributed by atoms with Crippen molar-refractivity contribution in [1.29, 1.82) is 0 Å². The third kappa shape index (κ3) is 6.78. The number of pyridine rings is 2. The molecule has 263 valence electrons. The number of rotatable bonds is 4. The van der Waals surface area contributed by atoms with Gasteiger partial charge in [0, 0.05) is 43.4 Å². The van der Waals surface area contributed by atoms with Crippen LogP contribution in [0.1, 0.15) is 60.3 Å². The van der Waals surface area contributed by atoms with Crippen LogP contribution in [-0.2, 0) is 32.9 Å². The molecule has 0 aliphatic heterocycles. The molecule has 0 N–H and O–H groups in total. The second-order valence-electron chi connectivity index (χ2n) is 14.9. The minimum absolute atomic E-state index is 0. The van der Waals surface area contributed by atoms with Crippen LogP contribution < -0.4 is 5.19 Å². The minimum atomic E-state index is -2.29. The number of benzene rings is 5. The predicted octanol–water partition coefficient (Wildman–Crippen LogP) is 12.2. The molecule has 3 nitrogen and oxygen atoms in total. The number of aromatic nitrogens is 2. The van der Waals surface area contributed by atoms with Crippen molar-refractivity contribution in [3.63, 3.8) is 0 Å². The van der Waals surface area contributed by atoms with E-state index in [-0.39, 0.29) is 25.7 Å². The normalized spacial score (nSPS) is 14.5. The maximum absolute atomic E-state index is 8.44. The fourth-order valence-electron chi connectivity index (χ4n) is 7.43. The van der Waals surface area contributed by atoms with Gasteiger partial charge in [-0.3, -0.25) is 0 Å². The summed E-state index contributed by atoms with van der Waals surface area (Å²) in [6.07, 6.45) is 8.42. The zero-order valence-corrected chi connectivity index (χ0v) is 33.7. The van der Waals surface area contributed by atoms with Gasteiger partial charge in [-0.05, 0) is 87.4 Å². The van der Waals surface area contributed by atoms with E-state index in [0.717, 1.165) is 62.3 Å². The van der Waals surface area contributed by atoms with Crippen molar-refractivity contribution in [3.05, 3.63) is 138 Å². The molecule has 0 atom stereocenters. The van der Waals surface area contributed by atoms with Crippen LogP contribution in [0.5, 0.6) is 0 Å². The molecule has 0 saturated heterocycles. The number of fused-ring (bicyclic) bond motifs is 7. The Morgan fingerprint density at radius 2 is 1.56 bits per heavy atom. The zero-order valence-electron chi connectivity index (χ0n) is 34.3. The second kappa shape index (κ2) is 14.5. The molecule has 1 radical (unpaired) electrons. The molecular weight excluding hydrogens is 829 g/mol. The van der Waals surface area contributed by atoms with Gasteiger partial charge in [0.1, 0.15) is 5.58 Å². The van der Waals surface area contributed by atoms with E-state index >= 15 is 0 Å². The topological polar surface area (TPSA) is 38.9 Å². The molecule has 0 fully saturated rings. The third-order valence-corrected chi connectivity index (χ3v) is 12.1. The monoisotopic (exact) mass is 877 g/mol. The second-order valence-corrected chi connectivity index (χ2v) is 20.0. The van der Waals surface area contributed by atoms with Gasteiger partial charge in [0.25, 0.3) is 0 Å². The Labute approximate surface area is 327 Å². The van der Waals surface area contributed by atoms with Crippen LogP contribution in [0.4, 0.5) is 0 Å². The third-order valence-electron chi connectivity index (χ3n) is 10.1. The summed E-state index contributed by atoms with van der Waals surface area (Å²) in [5, 5.41) is 7.15. The summed E-state index contributed by atoms with van der Waals surface area (Å²) in [7, 11) is -1.50. The first kappa shape index (κ1) is 31.1. The number of hydrogen-bond acceptors (Lipinski definition) is 3. The first-order valence-corrected chi connectivity index (χ1v) is 21.4. The van der Waals surface area contributed by atoms with Crippen LogP contribution in [0, 0.1) is 19.0 Å². The summed E-state index contributed by atoms with van der Waals surface area (Å²) in [5.41, 5.74) is 8.57. The molecule has 9 rings (SSSR count). The molecular formula is C47H44IrN2OSi-2. The molecule has 0 spiro atoms. The Hall–Kier alpha value is -4.41. The van der Waals surface area contributed by atoms with Gasteiger partial charge in [0.15, 0.2) is 0 Å². The van der Waals surface area contributed by atoms with Crippen LogP contribution in [-0.4, -0.2) is 18.0 Å². The first-order valence-electron chi connectivity index (χ1n) is 19.9. The molecule has 5 aromatic carbocycles. The molecule has 1 aliphatic carbocycles. The fraction of sp³-hybridized carbons (Fsp3) is 0.234. The van der Waals surface area contributed by atoms with Gasteiger partial charge in [-0.2, -0.15) is 0 Å². The van der Waals surface area contributed by atoms with Gasteiger partial charge >= 0.3 is 0 Å². The SMILES string of the molecule is [2H]C(C)(C)c1cc(-c2[c-]cccc2)ncc1[Si](C)(C)C.[2H]C([2H])([2H])c1c[c-]c(-c2cc3c(cn2)CCCC3)c2oc3cc4c(ccc5ccccc54)cc3c12.[Ir]. The average molecular weight is 877 g/mol. The Balaban J connectivity index is 0.000000197. The first-order chi connectivity index (χ1) is 26.2. The maximum Gasteiger partial charge on any atom is 0.121 e. The average Bonchev–Trinajstić information content (AvgIpc) is 3.54. The standard InChI is InChI=1S/C30H22NO.C17H22NSi.Ir/c1-18-10-13-24(27-15-20-7-2-3-8-22(20)17-31-27)30-29(18)26-14-21-12-11-19-6-4-5-9-23(19)25(21)16-28(26)32-30;1-13(2)15-11-16(14-9-7-6-8-10-14)18-12-17(15)19(3,4)5;/h4-6,9-12,14-17H,2-3,7-8H2,1H3;6-9,11-13H,1-5H3;/q2*-1;/i1D3;13D;. The molecule has 0 unspecified atom stereocenters. The van der Waals surface area contributed by atoms with Crippen LogP contribution in [0.15, 0.2) is 108 Å². The Morgan fingerprint density at radius 1 is 0.788 bits per heavy atom. The Morgan fingerprint density at radius 3 is 2.33 bits per heavy atom. The molecule has 5 heteroatoms. The quantitative estimate of drug-likeness (QED) is 0.100. The van der Waals surface area contributed by atoms with Crippen molar-refractivity contribution in [2.75, 3.05) is 0 Å². The molecule has 8 aromatic rings. The number of nitrogens with zero attached hydrogens (tertiary/aromatic N) is 2. The molecule has 0 saturated carbocycles. The Bertz CT molecular complexity index is 2730. The van der Waals surface area contributed by atoms with Crippen molar-refractivity contribution < 1.29 is 30.0 Å². The summed E-state index contributed by atoms with van der Waals surface area (Å²) in [5.74, 6) is -0.609. The van der Waals surface area contributed by atoms with E-state index in [1.807, 2.05) is 68.7 Å².